The molecule has 2 atom stereocenters. The quantitative estimate of drug-likeness (QED) is 0.372. The molecule has 11 heteroatoms. The molecule has 2 aliphatic rings. The number of sulfone groups is 1. The van der Waals surface area contributed by atoms with E-state index in [1.54, 1.807) is 6.07 Å². The van der Waals surface area contributed by atoms with Gasteiger partial charge < -0.3 is 9.80 Å². The van der Waals surface area contributed by atoms with Crippen molar-refractivity contribution >= 4 is 33.0 Å². The highest BCUT2D eigenvalue weighted by Gasteiger charge is 2.40. The molecule has 3 aromatic rings. The van der Waals surface area contributed by atoms with E-state index in [9.17, 15) is 22.4 Å². The molecule has 2 amide bonds. The third kappa shape index (κ3) is 5.94. The summed E-state index contributed by atoms with van der Waals surface area (Å²) in [5.41, 5.74) is 1.84. The van der Waals surface area contributed by atoms with Gasteiger partial charge in [-0.05, 0) is 48.2 Å². The van der Waals surface area contributed by atoms with Crippen molar-refractivity contribution in [3.05, 3.63) is 87.2 Å². The summed E-state index contributed by atoms with van der Waals surface area (Å²) in [7, 11) is -0.581. The summed E-state index contributed by atoms with van der Waals surface area (Å²) in [6, 6.07) is 8.88. The van der Waals surface area contributed by atoms with Crippen LogP contribution in [0.5, 0.6) is 0 Å². The first-order valence-electron chi connectivity index (χ1n) is 12.4. The number of amides is 2. The molecule has 5 rings (SSSR count). The Morgan fingerprint density at radius 2 is 1.74 bits per heavy atom. The molecule has 7 nitrogen and oxygen atoms in total. The smallest absolute Gasteiger partial charge is 0.240 e. The standard InChI is InChI=1S/C28H27F2N3O4S2/c1-32(2)27(34)26(22-10-7-19(13-23(22)30)17-5-8-20(29)9-6-17)28(35)33(21-11-12-39(36,37)16-21)14-25-31-24(15-38-25)18-3-4-18/h5-13,15,18,21,26H,3-4,14,16H2,1-2H3. The summed E-state index contributed by atoms with van der Waals surface area (Å²) in [5.74, 6) is -4.01. The van der Waals surface area contributed by atoms with Crippen LogP contribution in [0.1, 0.15) is 40.9 Å². The molecule has 0 N–H and O–H groups in total. The van der Waals surface area contributed by atoms with Crippen LogP contribution in [-0.2, 0) is 26.0 Å². The molecular weight excluding hydrogens is 544 g/mol. The van der Waals surface area contributed by atoms with E-state index in [0.29, 0.717) is 22.1 Å². The fourth-order valence-corrected chi connectivity index (χ4v) is 6.77. The van der Waals surface area contributed by atoms with Crippen molar-refractivity contribution in [3.63, 3.8) is 0 Å². The van der Waals surface area contributed by atoms with Crippen molar-refractivity contribution in [1.29, 1.82) is 0 Å². The van der Waals surface area contributed by atoms with Crippen molar-refractivity contribution < 1.29 is 26.8 Å². The zero-order valence-corrected chi connectivity index (χ0v) is 23.0. The molecule has 1 saturated carbocycles. The van der Waals surface area contributed by atoms with Gasteiger partial charge in [-0.25, -0.2) is 22.2 Å². The van der Waals surface area contributed by atoms with E-state index in [1.807, 2.05) is 5.38 Å². The molecule has 1 aromatic heterocycles. The predicted molar refractivity (Wildman–Crippen MR) is 145 cm³/mol. The lowest BCUT2D eigenvalue weighted by Crippen LogP contribution is -2.47. The number of carbonyl (C=O) groups excluding carboxylic acids is 2. The van der Waals surface area contributed by atoms with Gasteiger partial charge in [0.05, 0.1) is 24.0 Å². The second kappa shape index (κ2) is 10.6. The second-order valence-corrected chi connectivity index (χ2v) is 12.9. The summed E-state index contributed by atoms with van der Waals surface area (Å²) in [6.07, 6.45) is 3.54. The van der Waals surface area contributed by atoms with Crippen LogP contribution in [0.4, 0.5) is 8.78 Å². The molecular formula is C28H27F2N3O4S2. The maximum Gasteiger partial charge on any atom is 0.240 e. The van der Waals surface area contributed by atoms with Crippen LogP contribution in [0.3, 0.4) is 0 Å². The van der Waals surface area contributed by atoms with Gasteiger partial charge in [0.15, 0.2) is 9.84 Å². The monoisotopic (exact) mass is 571 g/mol. The van der Waals surface area contributed by atoms with E-state index in [1.165, 1.54) is 77.7 Å². The highest BCUT2D eigenvalue weighted by Crippen LogP contribution is 2.40. The molecule has 1 fully saturated rings. The lowest BCUT2D eigenvalue weighted by atomic mass is 9.92. The maximum absolute atomic E-state index is 15.6. The number of rotatable bonds is 8. The third-order valence-corrected chi connectivity index (χ3v) is 9.12. The second-order valence-electron chi connectivity index (χ2n) is 10.0. The molecule has 204 valence electrons. The van der Waals surface area contributed by atoms with E-state index < -0.39 is 45.2 Å². The van der Waals surface area contributed by atoms with Crippen LogP contribution in [0.25, 0.3) is 11.1 Å². The fraction of sp³-hybridized carbons (Fsp3) is 0.321. The maximum atomic E-state index is 15.6. The summed E-state index contributed by atoms with van der Waals surface area (Å²) >= 11 is 1.37. The van der Waals surface area contributed by atoms with Crippen molar-refractivity contribution in [3.8, 4) is 11.1 Å². The van der Waals surface area contributed by atoms with Crippen molar-refractivity contribution in [2.24, 2.45) is 0 Å². The number of likely N-dealkylation sites (N-methyl/N-ethyl adjacent to an activating group) is 1. The number of aromatic nitrogens is 1. The highest BCUT2D eigenvalue weighted by molar-refractivity contribution is 7.94. The molecule has 2 aromatic carbocycles. The molecule has 0 saturated heterocycles. The first-order valence-corrected chi connectivity index (χ1v) is 15.0. The van der Waals surface area contributed by atoms with Crippen molar-refractivity contribution in [1.82, 2.24) is 14.8 Å². The van der Waals surface area contributed by atoms with E-state index in [0.717, 1.165) is 23.9 Å². The highest BCUT2D eigenvalue weighted by atomic mass is 32.2. The Balaban J connectivity index is 1.51. The zero-order valence-electron chi connectivity index (χ0n) is 21.4. The number of nitrogens with zero attached hydrogens (tertiary/aromatic N) is 3. The summed E-state index contributed by atoms with van der Waals surface area (Å²) in [6.45, 7) is -0.00671. The Morgan fingerprint density at radius 3 is 2.33 bits per heavy atom. The Morgan fingerprint density at radius 1 is 1.05 bits per heavy atom. The summed E-state index contributed by atoms with van der Waals surface area (Å²) in [4.78, 5) is 34.6. The molecule has 1 aliphatic heterocycles. The predicted octanol–water partition coefficient (Wildman–Crippen LogP) is 4.48. The van der Waals surface area contributed by atoms with Gasteiger partial charge in [0.2, 0.25) is 11.8 Å². The van der Waals surface area contributed by atoms with E-state index in [4.69, 9.17) is 0 Å². The molecule has 2 unspecified atom stereocenters. The van der Waals surface area contributed by atoms with Gasteiger partial charge >= 0.3 is 0 Å². The van der Waals surface area contributed by atoms with Crippen LogP contribution in [-0.4, -0.2) is 60.9 Å². The minimum absolute atomic E-state index is 0.00671. The van der Waals surface area contributed by atoms with Crippen molar-refractivity contribution in [2.45, 2.75) is 37.3 Å². The number of hydrogen-bond donors (Lipinski definition) is 0. The van der Waals surface area contributed by atoms with Gasteiger partial charge in [-0.1, -0.05) is 24.3 Å². The first-order chi connectivity index (χ1) is 18.5. The Kier molecular flexibility index (Phi) is 7.39. The zero-order chi connectivity index (χ0) is 27.9. The van der Waals surface area contributed by atoms with Crippen LogP contribution < -0.4 is 0 Å². The van der Waals surface area contributed by atoms with Gasteiger partial charge in [-0.2, -0.15) is 0 Å². The number of benzene rings is 2. The fourth-order valence-electron chi connectivity index (χ4n) is 4.60. The molecule has 0 radical (unpaired) electrons. The van der Waals surface area contributed by atoms with Gasteiger partial charge in [-0.15, -0.1) is 11.3 Å². The van der Waals surface area contributed by atoms with E-state index in [2.05, 4.69) is 4.98 Å². The number of carbonyl (C=O) groups is 2. The van der Waals surface area contributed by atoms with Crippen molar-refractivity contribution in [2.75, 3.05) is 19.8 Å². The molecule has 0 bridgehead atoms. The third-order valence-electron chi connectivity index (χ3n) is 6.89. The number of halogens is 2. The van der Waals surface area contributed by atoms with Gasteiger partial charge in [0, 0.05) is 36.4 Å². The Hall–Kier alpha value is -3.44. The average Bonchev–Trinajstić information content (AvgIpc) is 3.53. The van der Waals surface area contributed by atoms with E-state index >= 15 is 4.39 Å². The van der Waals surface area contributed by atoms with Crippen LogP contribution in [0.2, 0.25) is 0 Å². The Bertz CT molecular complexity index is 1550. The molecule has 1 aliphatic carbocycles. The normalized spacial score (nSPS) is 18.6. The molecule has 2 heterocycles. The Labute approximate surface area is 229 Å². The average molecular weight is 572 g/mol. The number of thiazole rings is 1. The topological polar surface area (TPSA) is 87.7 Å². The largest absolute Gasteiger partial charge is 0.348 e. The van der Waals surface area contributed by atoms with Crippen LogP contribution in [0, 0.1) is 11.6 Å². The summed E-state index contributed by atoms with van der Waals surface area (Å²) < 4.78 is 53.5. The molecule has 0 spiro atoms. The SMILES string of the molecule is CN(C)C(=O)C(C(=O)N(Cc1nc(C2CC2)cs1)C1C=CS(=O)(=O)C1)c1ccc(-c2ccc(F)cc2)cc1F. The van der Waals surface area contributed by atoms with Crippen LogP contribution in [0.15, 0.2) is 59.3 Å². The minimum atomic E-state index is -3.53. The minimum Gasteiger partial charge on any atom is -0.348 e. The van der Waals surface area contributed by atoms with E-state index in [-0.39, 0.29) is 17.9 Å². The van der Waals surface area contributed by atoms with Gasteiger partial charge in [0.1, 0.15) is 22.6 Å². The van der Waals surface area contributed by atoms with Gasteiger partial charge in [-0.3, -0.25) is 9.59 Å². The first kappa shape index (κ1) is 27.1. The summed E-state index contributed by atoms with van der Waals surface area (Å²) in [5, 5.41) is 3.62. The number of hydrogen-bond acceptors (Lipinski definition) is 6. The lowest BCUT2D eigenvalue weighted by molar-refractivity contribution is -0.143. The van der Waals surface area contributed by atoms with Crippen LogP contribution >= 0.6 is 11.3 Å². The molecule has 39 heavy (non-hydrogen) atoms. The van der Waals surface area contributed by atoms with Gasteiger partial charge in [0.25, 0.3) is 0 Å². The lowest BCUT2D eigenvalue weighted by Gasteiger charge is -2.31.